The summed E-state index contributed by atoms with van der Waals surface area (Å²) in [5.74, 6) is -0.266. The van der Waals surface area contributed by atoms with Crippen LogP contribution in [0.15, 0.2) is 46.9 Å². The van der Waals surface area contributed by atoms with Gasteiger partial charge in [-0.1, -0.05) is 28.1 Å². The van der Waals surface area contributed by atoms with Crippen molar-refractivity contribution < 1.29 is 4.39 Å². The summed E-state index contributed by atoms with van der Waals surface area (Å²) in [6.07, 6.45) is 0.701. The van der Waals surface area contributed by atoms with Crippen LogP contribution in [-0.2, 0) is 6.42 Å². The van der Waals surface area contributed by atoms with Gasteiger partial charge in [-0.3, -0.25) is 0 Å². The summed E-state index contributed by atoms with van der Waals surface area (Å²) in [6.45, 7) is 0. The second-order valence-electron chi connectivity index (χ2n) is 4.14. The quantitative estimate of drug-likeness (QED) is 0.731. The van der Waals surface area contributed by atoms with Gasteiger partial charge >= 0.3 is 0 Å². The highest BCUT2D eigenvalue weighted by molar-refractivity contribution is 14.1. The first-order chi connectivity index (χ1) is 8.54. The van der Waals surface area contributed by atoms with Gasteiger partial charge in [0.15, 0.2) is 0 Å². The summed E-state index contributed by atoms with van der Waals surface area (Å²) in [7, 11) is 0. The third-order valence-corrected chi connectivity index (χ3v) is 3.86. The molecule has 0 saturated heterocycles. The van der Waals surface area contributed by atoms with Crippen LogP contribution in [0.4, 0.5) is 4.39 Å². The van der Waals surface area contributed by atoms with Crippen molar-refractivity contribution in [3.63, 3.8) is 0 Å². The lowest BCUT2D eigenvalue weighted by Gasteiger charge is -2.13. The molecule has 0 aliphatic rings. The Bertz CT molecular complexity index is 522. The summed E-state index contributed by atoms with van der Waals surface area (Å²) in [6, 6.07) is 12.8. The molecule has 1 atom stereocenters. The Morgan fingerprint density at radius 2 is 1.83 bits per heavy atom. The zero-order valence-electron chi connectivity index (χ0n) is 9.54. The lowest BCUT2D eigenvalue weighted by molar-refractivity contribution is 0.617. The minimum Gasteiger partial charge on any atom is -0.324 e. The monoisotopic (exact) mass is 419 g/mol. The normalized spacial score (nSPS) is 12.4. The molecule has 1 unspecified atom stereocenters. The molecule has 0 heterocycles. The van der Waals surface area contributed by atoms with Gasteiger partial charge in [-0.15, -0.1) is 0 Å². The van der Waals surface area contributed by atoms with E-state index >= 15 is 0 Å². The Morgan fingerprint density at radius 3 is 2.44 bits per heavy atom. The summed E-state index contributed by atoms with van der Waals surface area (Å²) in [5, 5.41) is 0. The van der Waals surface area contributed by atoms with E-state index in [0.717, 1.165) is 15.6 Å². The van der Waals surface area contributed by atoms with Crippen LogP contribution in [0.1, 0.15) is 17.2 Å². The van der Waals surface area contributed by atoms with Gasteiger partial charge in [0.2, 0.25) is 0 Å². The average molecular weight is 420 g/mol. The van der Waals surface area contributed by atoms with Crippen LogP contribution in [0.25, 0.3) is 0 Å². The fourth-order valence-electron chi connectivity index (χ4n) is 1.78. The van der Waals surface area contributed by atoms with E-state index in [2.05, 4.69) is 50.7 Å². The predicted octanol–water partition coefficient (Wildman–Crippen LogP) is 4.44. The first-order valence-corrected chi connectivity index (χ1v) is 7.38. The molecular weight excluding hydrogens is 408 g/mol. The number of halogens is 3. The molecule has 18 heavy (non-hydrogen) atoms. The van der Waals surface area contributed by atoms with E-state index in [9.17, 15) is 4.39 Å². The zero-order chi connectivity index (χ0) is 13.1. The molecule has 2 aromatic rings. The molecule has 0 aromatic heterocycles. The van der Waals surface area contributed by atoms with Gasteiger partial charge in [0.25, 0.3) is 0 Å². The smallest absolute Gasteiger partial charge is 0.124 e. The van der Waals surface area contributed by atoms with Crippen LogP contribution in [0.5, 0.6) is 0 Å². The molecular formula is C14H12BrFIN. The predicted molar refractivity (Wildman–Crippen MR) is 83.9 cm³/mol. The minimum absolute atomic E-state index is 0.197. The van der Waals surface area contributed by atoms with E-state index < -0.39 is 0 Å². The summed E-state index contributed by atoms with van der Waals surface area (Å²) in [5.41, 5.74) is 8.08. The molecule has 0 spiro atoms. The first-order valence-electron chi connectivity index (χ1n) is 5.50. The molecule has 0 radical (unpaired) electrons. The van der Waals surface area contributed by atoms with Gasteiger partial charge < -0.3 is 5.73 Å². The minimum atomic E-state index is -0.266. The van der Waals surface area contributed by atoms with Crippen LogP contribution >= 0.6 is 38.5 Å². The largest absolute Gasteiger partial charge is 0.324 e. The van der Waals surface area contributed by atoms with Crippen LogP contribution in [0.2, 0.25) is 0 Å². The third kappa shape index (κ3) is 3.76. The summed E-state index contributed by atoms with van der Waals surface area (Å²) in [4.78, 5) is 0. The van der Waals surface area contributed by atoms with Crippen molar-refractivity contribution >= 4 is 38.5 Å². The Kier molecular flexibility index (Phi) is 4.75. The van der Waals surface area contributed by atoms with Crippen molar-refractivity contribution in [3.8, 4) is 0 Å². The lowest BCUT2D eigenvalue weighted by atomic mass is 10.00. The molecule has 1 nitrogen and oxygen atoms in total. The second kappa shape index (κ2) is 6.12. The van der Waals surface area contributed by atoms with Gasteiger partial charge in [0.1, 0.15) is 5.82 Å². The van der Waals surface area contributed by atoms with Gasteiger partial charge in [-0.2, -0.15) is 0 Å². The molecule has 2 aromatic carbocycles. The maximum atomic E-state index is 13.3. The topological polar surface area (TPSA) is 26.0 Å². The van der Waals surface area contributed by atoms with E-state index in [-0.39, 0.29) is 11.9 Å². The van der Waals surface area contributed by atoms with E-state index in [1.165, 1.54) is 15.7 Å². The number of hydrogen-bond acceptors (Lipinski definition) is 1. The Morgan fingerprint density at radius 1 is 1.17 bits per heavy atom. The summed E-state index contributed by atoms with van der Waals surface area (Å²) >= 11 is 5.54. The number of nitrogens with two attached hydrogens (primary N) is 1. The van der Waals surface area contributed by atoms with E-state index in [0.29, 0.717) is 6.42 Å². The van der Waals surface area contributed by atoms with Crippen LogP contribution < -0.4 is 5.73 Å². The van der Waals surface area contributed by atoms with E-state index in [1.54, 1.807) is 0 Å². The molecule has 4 heteroatoms. The Labute approximate surface area is 128 Å². The molecule has 2 rings (SSSR count). The van der Waals surface area contributed by atoms with Crippen molar-refractivity contribution in [2.24, 2.45) is 5.73 Å². The van der Waals surface area contributed by atoms with Crippen LogP contribution in [0.3, 0.4) is 0 Å². The molecule has 0 saturated carbocycles. The molecule has 0 bridgehead atoms. The fraction of sp³-hybridized carbons (Fsp3) is 0.143. The standard InChI is InChI=1S/C14H12BrFIN/c15-11-6-10(7-12(16)8-11)14(18)5-9-1-3-13(17)4-2-9/h1-4,6-8,14H,5,18H2. The highest BCUT2D eigenvalue weighted by Gasteiger charge is 2.09. The average Bonchev–Trinajstić information content (AvgIpc) is 2.31. The van der Waals surface area contributed by atoms with Gasteiger partial charge in [0, 0.05) is 14.1 Å². The number of rotatable bonds is 3. The Hall–Kier alpha value is -0.460. The highest BCUT2D eigenvalue weighted by Crippen LogP contribution is 2.22. The van der Waals surface area contributed by atoms with Crippen LogP contribution in [-0.4, -0.2) is 0 Å². The van der Waals surface area contributed by atoms with Crippen molar-refractivity contribution in [2.45, 2.75) is 12.5 Å². The second-order valence-corrected chi connectivity index (χ2v) is 6.30. The maximum absolute atomic E-state index is 13.3. The van der Waals surface area contributed by atoms with Crippen molar-refractivity contribution in [2.75, 3.05) is 0 Å². The van der Waals surface area contributed by atoms with Gasteiger partial charge in [-0.25, -0.2) is 4.39 Å². The maximum Gasteiger partial charge on any atom is 0.124 e. The SMILES string of the molecule is NC(Cc1ccc(I)cc1)c1cc(F)cc(Br)c1. The van der Waals surface area contributed by atoms with Crippen molar-refractivity contribution in [3.05, 3.63) is 67.5 Å². The van der Waals surface area contributed by atoms with Gasteiger partial charge in [0.05, 0.1) is 0 Å². The fourth-order valence-corrected chi connectivity index (χ4v) is 2.62. The van der Waals surface area contributed by atoms with Gasteiger partial charge in [-0.05, 0) is 70.5 Å². The number of hydrogen-bond donors (Lipinski definition) is 1. The Balaban J connectivity index is 2.16. The molecule has 0 aliphatic heterocycles. The van der Waals surface area contributed by atoms with E-state index in [1.807, 2.05) is 18.2 Å². The first kappa shape index (κ1) is 14.0. The molecule has 2 N–H and O–H groups in total. The van der Waals surface area contributed by atoms with E-state index in [4.69, 9.17) is 5.73 Å². The zero-order valence-corrected chi connectivity index (χ0v) is 13.3. The summed E-state index contributed by atoms with van der Waals surface area (Å²) < 4.78 is 15.2. The third-order valence-electron chi connectivity index (χ3n) is 2.68. The van der Waals surface area contributed by atoms with Crippen molar-refractivity contribution in [1.82, 2.24) is 0 Å². The lowest BCUT2D eigenvalue weighted by Crippen LogP contribution is -2.13. The molecule has 94 valence electrons. The molecule has 0 amide bonds. The van der Waals surface area contributed by atoms with Crippen molar-refractivity contribution in [1.29, 1.82) is 0 Å². The number of benzene rings is 2. The van der Waals surface area contributed by atoms with Crippen LogP contribution in [0, 0.1) is 9.39 Å². The molecule has 0 aliphatic carbocycles. The highest BCUT2D eigenvalue weighted by atomic mass is 127. The molecule has 0 fully saturated rings.